The van der Waals surface area contributed by atoms with Gasteiger partial charge in [-0.1, -0.05) is 0 Å². The van der Waals surface area contributed by atoms with Crippen LogP contribution < -0.4 is 4.74 Å². The number of ether oxygens (including phenoxy) is 1. The summed E-state index contributed by atoms with van der Waals surface area (Å²) in [4.78, 5) is 38.3. The molecule has 1 atom stereocenters. The lowest BCUT2D eigenvalue weighted by Gasteiger charge is -2.32. The van der Waals surface area contributed by atoms with Crippen molar-refractivity contribution in [2.75, 3.05) is 32.8 Å². The summed E-state index contributed by atoms with van der Waals surface area (Å²) in [6, 6.07) is 5.61. The number of benzene rings is 1. The second-order valence-electron chi connectivity index (χ2n) is 8.50. The van der Waals surface area contributed by atoms with Gasteiger partial charge in [0, 0.05) is 38.3 Å². The van der Waals surface area contributed by atoms with E-state index in [4.69, 9.17) is 4.74 Å². The lowest BCUT2D eigenvalue weighted by Crippen LogP contribution is -2.42. The summed E-state index contributed by atoms with van der Waals surface area (Å²) in [5, 5.41) is 0. The van der Waals surface area contributed by atoms with E-state index < -0.39 is 0 Å². The van der Waals surface area contributed by atoms with Crippen LogP contribution in [0.15, 0.2) is 30.5 Å². The summed E-state index contributed by atoms with van der Waals surface area (Å²) in [5.74, 6) is 0.702. The van der Waals surface area contributed by atoms with Gasteiger partial charge in [0.1, 0.15) is 17.4 Å². The van der Waals surface area contributed by atoms with Crippen LogP contribution in [0.4, 0.5) is 4.39 Å². The second-order valence-corrected chi connectivity index (χ2v) is 8.50. The Morgan fingerprint density at radius 2 is 1.78 bits per heavy atom. The van der Waals surface area contributed by atoms with Gasteiger partial charge in [0.25, 0.3) is 11.8 Å². The normalized spacial score (nSPS) is 19.0. The Labute approximate surface area is 187 Å². The Morgan fingerprint density at radius 1 is 1.06 bits per heavy atom. The lowest BCUT2D eigenvalue weighted by molar-refractivity contribution is -0.134. The van der Waals surface area contributed by atoms with Crippen molar-refractivity contribution in [3.05, 3.63) is 53.4 Å². The van der Waals surface area contributed by atoms with E-state index in [-0.39, 0.29) is 30.2 Å². The van der Waals surface area contributed by atoms with Crippen LogP contribution in [0.3, 0.4) is 0 Å². The predicted octanol–water partition coefficient (Wildman–Crippen LogP) is 3.34. The maximum atomic E-state index is 13.0. The zero-order valence-corrected chi connectivity index (χ0v) is 18.4. The molecule has 170 valence electrons. The number of hydrogen-bond donors (Lipinski definition) is 0. The van der Waals surface area contributed by atoms with E-state index in [0.717, 1.165) is 38.8 Å². The molecular weight excluding hydrogens is 411 g/mol. The van der Waals surface area contributed by atoms with Crippen molar-refractivity contribution in [3.63, 3.8) is 0 Å². The summed E-state index contributed by atoms with van der Waals surface area (Å²) < 4.78 is 18.5. The van der Waals surface area contributed by atoms with Gasteiger partial charge in [-0.3, -0.25) is 9.59 Å². The molecule has 2 aliphatic rings. The number of hydrogen-bond acceptors (Lipinski definition) is 5. The number of halogens is 1. The lowest BCUT2D eigenvalue weighted by atomic mass is 9.96. The van der Waals surface area contributed by atoms with Crippen molar-refractivity contribution in [2.45, 2.75) is 44.9 Å². The fourth-order valence-corrected chi connectivity index (χ4v) is 4.34. The van der Waals surface area contributed by atoms with Gasteiger partial charge in [0.2, 0.25) is 0 Å². The number of rotatable bonds is 5. The van der Waals surface area contributed by atoms with Gasteiger partial charge < -0.3 is 14.5 Å². The molecule has 0 N–H and O–H groups in total. The number of aryl methyl sites for hydroxylation is 1. The third-order valence-corrected chi connectivity index (χ3v) is 6.19. The molecule has 7 nitrogen and oxygen atoms in total. The number of carbonyl (C=O) groups is 2. The average molecular weight is 441 g/mol. The van der Waals surface area contributed by atoms with Crippen molar-refractivity contribution in [2.24, 2.45) is 0 Å². The molecule has 8 heteroatoms. The van der Waals surface area contributed by atoms with Gasteiger partial charge in [0.05, 0.1) is 11.3 Å². The smallest absolute Gasteiger partial charge is 0.260 e. The first-order valence-corrected chi connectivity index (χ1v) is 11.3. The van der Waals surface area contributed by atoms with Crippen LogP contribution >= 0.6 is 0 Å². The van der Waals surface area contributed by atoms with Crippen LogP contribution in [0.5, 0.6) is 5.75 Å². The van der Waals surface area contributed by atoms with Gasteiger partial charge in [-0.05, 0) is 63.3 Å². The molecule has 0 spiro atoms. The van der Waals surface area contributed by atoms with E-state index in [1.807, 2.05) is 11.8 Å². The molecule has 0 aliphatic carbocycles. The largest absolute Gasteiger partial charge is 0.484 e. The Hall–Kier alpha value is -3.03. The minimum Gasteiger partial charge on any atom is -0.484 e. The highest BCUT2D eigenvalue weighted by atomic mass is 19.1. The number of aromatic nitrogens is 2. The van der Waals surface area contributed by atoms with Crippen LogP contribution in [-0.4, -0.2) is 64.4 Å². The van der Waals surface area contributed by atoms with E-state index in [9.17, 15) is 14.0 Å². The molecule has 4 rings (SSSR count). The van der Waals surface area contributed by atoms with Gasteiger partial charge in [-0.25, -0.2) is 14.4 Å². The van der Waals surface area contributed by atoms with Crippen LogP contribution in [0.1, 0.15) is 59.9 Å². The summed E-state index contributed by atoms with van der Waals surface area (Å²) in [6.07, 6.45) is 6.64. The Balaban J connectivity index is 1.37. The molecule has 0 bridgehead atoms. The van der Waals surface area contributed by atoms with Crippen LogP contribution in [0.25, 0.3) is 0 Å². The first-order chi connectivity index (χ1) is 15.5. The molecule has 2 saturated heterocycles. The third-order valence-electron chi connectivity index (χ3n) is 6.19. The van der Waals surface area contributed by atoms with Gasteiger partial charge in [-0.15, -0.1) is 0 Å². The second kappa shape index (κ2) is 10.1. The number of nitrogens with zero attached hydrogens (tertiary/aromatic N) is 4. The van der Waals surface area contributed by atoms with Crippen molar-refractivity contribution < 1.29 is 18.7 Å². The first kappa shape index (κ1) is 22.2. The molecule has 0 saturated carbocycles. The maximum Gasteiger partial charge on any atom is 0.260 e. The molecule has 2 amide bonds. The molecule has 32 heavy (non-hydrogen) atoms. The number of likely N-dealkylation sites (tertiary alicyclic amines) is 2. The maximum absolute atomic E-state index is 13.0. The Kier molecular flexibility index (Phi) is 6.97. The zero-order chi connectivity index (χ0) is 22.5. The standard InChI is InChI=1S/C24H29FN4O3/c1-17-21(24(31)28-11-3-2-4-12-28)14-26-23(27-17)18-6-5-13-29(15-18)22(30)16-32-20-9-7-19(25)8-10-20/h7-10,14,18H,2-6,11-13,15-16H2,1H3. The fourth-order valence-electron chi connectivity index (χ4n) is 4.34. The van der Waals surface area contributed by atoms with Crippen LogP contribution in [0.2, 0.25) is 0 Å². The fraction of sp³-hybridized carbons (Fsp3) is 0.500. The average Bonchev–Trinajstić information content (AvgIpc) is 2.83. The third kappa shape index (κ3) is 5.23. The monoisotopic (exact) mass is 440 g/mol. The van der Waals surface area contributed by atoms with Crippen molar-refractivity contribution in [3.8, 4) is 5.75 Å². The number of carbonyl (C=O) groups excluding carboxylic acids is 2. The van der Waals surface area contributed by atoms with Crippen LogP contribution in [0, 0.1) is 12.7 Å². The zero-order valence-electron chi connectivity index (χ0n) is 18.4. The van der Waals surface area contributed by atoms with Gasteiger partial charge in [-0.2, -0.15) is 0 Å². The van der Waals surface area contributed by atoms with Crippen molar-refractivity contribution in [1.29, 1.82) is 0 Å². The molecule has 1 aromatic carbocycles. The van der Waals surface area contributed by atoms with E-state index in [0.29, 0.717) is 35.9 Å². The van der Waals surface area contributed by atoms with Crippen molar-refractivity contribution >= 4 is 11.8 Å². The molecule has 2 aliphatic heterocycles. The minimum atomic E-state index is -0.346. The Bertz CT molecular complexity index is 960. The van der Waals surface area contributed by atoms with Gasteiger partial charge in [0.15, 0.2) is 6.61 Å². The Morgan fingerprint density at radius 3 is 2.50 bits per heavy atom. The van der Waals surface area contributed by atoms with Gasteiger partial charge >= 0.3 is 0 Å². The minimum absolute atomic E-state index is 0.00661. The van der Waals surface area contributed by atoms with Crippen LogP contribution in [-0.2, 0) is 4.79 Å². The molecule has 1 aromatic heterocycles. The quantitative estimate of drug-likeness (QED) is 0.713. The van der Waals surface area contributed by atoms with E-state index in [1.54, 1.807) is 11.1 Å². The summed E-state index contributed by atoms with van der Waals surface area (Å²) in [6.45, 7) is 4.52. The molecule has 0 radical (unpaired) electrons. The molecule has 2 fully saturated rings. The van der Waals surface area contributed by atoms with Crippen molar-refractivity contribution in [1.82, 2.24) is 19.8 Å². The molecule has 1 unspecified atom stereocenters. The van der Waals surface area contributed by atoms with E-state index >= 15 is 0 Å². The highest BCUT2D eigenvalue weighted by Crippen LogP contribution is 2.26. The summed E-state index contributed by atoms with van der Waals surface area (Å²) in [7, 11) is 0. The highest BCUT2D eigenvalue weighted by Gasteiger charge is 2.28. The highest BCUT2D eigenvalue weighted by molar-refractivity contribution is 5.95. The molecular formula is C24H29FN4O3. The van der Waals surface area contributed by atoms with E-state index in [1.165, 1.54) is 30.7 Å². The topological polar surface area (TPSA) is 75.6 Å². The predicted molar refractivity (Wildman–Crippen MR) is 117 cm³/mol. The SMILES string of the molecule is Cc1nc(C2CCCN(C(=O)COc3ccc(F)cc3)C2)ncc1C(=O)N1CCCCC1. The first-order valence-electron chi connectivity index (χ1n) is 11.3. The molecule has 2 aromatic rings. The molecule has 3 heterocycles. The number of piperidine rings is 2. The summed E-state index contributed by atoms with van der Waals surface area (Å²) in [5.41, 5.74) is 1.25. The number of amides is 2. The summed E-state index contributed by atoms with van der Waals surface area (Å²) >= 11 is 0. The van der Waals surface area contributed by atoms with E-state index in [2.05, 4.69) is 9.97 Å².